The van der Waals surface area contributed by atoms with Crippen LogP contribution in [0.15, 0.2) is 91.4 Å². The summed E-state index contributed by atoms with van der Waals surface area (Å²) in [6.45, 7) is 0. The van der Waals surface area contributed by atoms with E-state index in [1.807, 2.05) is 48.5 Å². The molecular formula is C34H27FN8O3S. The van der Waals surface area contributed by atoms with E-state index in [4.69, 9.17) is 4.98 Å². The Morgan fingerprint density at radius 2 is 1.79 bits per heavy atom. The van der Waals surface area contributed by atoms with Crippen molar-refractivity contribution in [3.05, 3.63) is 108 Å². The number of carbonyl (C=O) groups is 1. The van der Waals surface area contributed by atoms with E-state index in [1.165, 1.54) is 12.1 Å². The predicted molar refractivity (Wildman–Crippen MR) is 178 cm³/mol. The molecule has 0 saturated carbocycles. The first-order valence-corrected chi connectivity index (χ1v) is 16.7. The zero-order valence-electron chi connectivity index (χ0n) is 25.0. The second-order valence-electron chi connectivity index (χ2n) is 11.2. The second kappa shape index (κ2) is 12.2. The van der Waals surface area contributed by atoms with Gasteiger partial charge in [0, 0.05) is 29.8 Å². The van der Waals surface area contributed by atoms with Crippen molar-refractivity contribution in [2.75, 3.05) is 17.3 Å². The lowest BCUT2D eigenvalue weighted by molar-refractivity contribution is -0.115. The van der Waals surface area contributed by atoms with Crippen LogP contribution in [0.3, 0.4) is 0 Å². The first kappa shape index (κ1) is 29.9. The minimum absolute atomic E-state index is 0.0830. The number of halogens is 1. The normalized spacial score (nSPS) is 11.7. The Hall–Kier alpha value is -5.82. The zero-order valence-corrected chi connectivity index (χ0v) is 25.8. The number of imidazole rings is 1. The molecule has 0 radical (unpaired) electrons. The summed E-state index contributed by atoms with van der Waals surface area (Å²) in [4.78, 5) is 34.2. The molecule has 7 rings (SSSR count). The molecule has 0 unspecified atom stereocenters. The highest BCUT2D eigenvalue weighted by molar-refractivity contribution is 7.90. The van der Waals surface area contributed by atoms with E-state index in [-0.39, 0.29) is 24.5 Å². The van der Waals surface area contributed by atoms with Gasteiger partial charge in [-0.05, 0) is 59.5 Å². The van der Waals surface area contributed by atoms with E-state index in [0.29, 0.717) is 67.4 Å². The number of sulfone groups is 1. The first-order chi connectivity index (χ1) is 22.7. The quantitative estimate of drug-likeness (QED) is 0.185. The van der Waals surface area contributed by atoms with Crippen molar-refractivity contribution < 1.29 is 17.6 Å². The van der Waals surface area contributed by atoms with Crippen LogP contribution in [0.2, 0.25) is 0 Å². The van der Waals surface area contributed by atoms with Crippen LogP contribution < -0.4 is 5.32 Å². The van der Waals surface area contributed by atoms with Gasteiger partial charge >= 0.3 is 0 Å². The average Bonchev–Trinajstić information content (AvgIpc) is 3.68. The maximum absolute atomic E-state index is 14.7. The summed E-state index contributed by atoms with van der Waals surface area (Å²) in [7, 11) is -3.21. The number of anilines is 1. The molecule has 0 aliphatic rings. The van der Waals surface area contributed by atoms with Crippen LogP contribution in [0.4, 0.5) is 10.1 Å². The molecule has 7 aromatic rings. The maximum Gasteiger partial charge on any atom is 0.228 e. The number of amides is 1. The smallest absolute Gasteiger partial charge is 0.228 e. The topological polar surface area (TPSA) is 159 Å². The molecule has 47 heavy (non-hydrogen) atoms. The fourth-order valence-electron chi connectivity index (χ4n) is 5.38. The fourth-order valence-corrected chi connectivity index (χ4v) is 5.98. The molecule has 3 N–H and O–H groups in total. The van der Waals surface area contributed by atoms with Gasteiger partial charge < -0.3 is 10.3 Å². The molecule has 0 aliphatic heterocycles. The highest BCUT2D eigenvalue weighted by Gasteiger charge is 2.18. The molecule has 0 saturated heterocycles. The van der Waals surface area contributed by atoms with Gasteiger partial charge in [0.25, 0.3) is 0 Å². The van der Waals surface area contributed by atoms with Crippen LogP contribution in [0.1, 0.15) is 11.1 Å². The zero-order chi connectivity index (χ0) is 32.5. The summed E-state index contributed by atoms with van der Waals surface area (Å²) in [6, 6.07) is 21.2. The van der Waals surface area contributed by atoms with Gasteiger partial charge in [-0.2, -0.15) is 5.10 Å². The summed E-state index contributed by atoms with van der Waals surface area (Å²) in [5, 5.41) is 10.4. The van der Waals surface area contributed by atoms with Gasteiger partial charge in [0.2, 0.25) is 5.91 Å². The number of pyridine rings is 3. The van der Waals surface area contributed by atoms with Crippen molar-refractivity contribution in [1.29, 1.82) is 0 Å². The van der Waals surface area contributed by atoms with E-state index in [0.717, 1.165) is 11.8 Å². The molecule has 234 valence electrons. The Bertz CT molecular complexity index is 2390. The number of benzene rings is 2. The summed E-state index contributed by atoms with van der Waals surface area (Å²) in [5.41, 5.74) is 7.20. The lowest BCUT2D eigenvalue weighted by Crippen LogP contribution is -2.14. The number of H-pyrrole nitrogens is 2. The molecule has 0 bridgehead atoms. The SMILES string of the molecule is CS(=O)(=O)CCc1cc(F)cc(-c2ccnc3nc(-c4n[nH]c5ccc(-c6cncc(NC(=O)Cc7ccccc7)c6)nc45)[nH]c23)c1. The largest absolute Gasteiger partial charge is 0.335 e. The van der Waals surface area contributed by atoms with Crippen LogP contribution in [-0.4, -0.2) is 61.5 Å². The molecule has 2 aromatic carbocycles. The van der Waals surface area contributed by atoms with Gasteiger partial charge in [0.1, 0.15) is 21.2 Å². The van der Waals surface area contributed by atoms with Crippen molar-refractivity contribution in [2.24, 2.45) is 0 Å². The number of aromatic nitrogens is 7. The third kappa shape index (κ3) is 6.60. The second-order valence-corrected chi connectivity index (χ2v) is 13.5. The highest BCUT2D eigenvalue weighted by atomic mass is 32.2. The van der Waals surface area contributed by atoms with E-state index < -0.39 is 15.7 Å². The summed E-state index contributed by atoms with van der Waals surface area (Å²) in [6.07, 6.45) is 6.43. The Balaban J connectivity index is 1.20. The standard InChI is InChI=1S/C34H27FN8O3S/c1-47(45,46)12-10-21-13-22(16-24(35)14-21)26-9-11-37-33-30(26)40-34(41-33)32-31-28(42-43-32)8-7-27(39-31)23-17-25(19-36-18-23)38-29(44)15-20-5-3-2-4-6-20/h2-9,11,13-14,16-19H,10,12,15H2,1H3,(H,38,44)(H,42,43)(H,37,40,41). The Morgan fingerprint density at radius 1 is 0.936 bits per heavy atom. The van der Waals surface area contributed by atoms with Gasteiger partial charge in [0.05, 0.1) is 40.8 Å². The number of fused-ring (bicyclic) bond motifs is 2. The van der Waals surface area contributed by atoms with E-state index >= 15 is 0 Å². The predicted octanol–water partition coefficient (Wildman–Crippen LogP) is 5.53. The minimum Gasteiger partial charge on any atom is -0.335 e. The third-order valence-corrected chi connectivity index (χ3v) is 8.53. The first-order valence-electron chi connectivity index (χ1n) is 14.7. The number of carbonyl (C=O) groups excluding carboxylic acids is 1. The highest BCUT2D eigenvalue weighted by Crippen LogP contribution is 2.32. The molecule has 1 amide bonds. The van der Waals surface area contributed by atoms with Crippen LogP contribution >= 0.6 is 0 Å². The summed E-state index contributed by atoms with van der Waals surface area (Å²) in [5.74, 6) is -0.304. The lowest BCUT2D eigenvalue weighted by atomic mass is 10.0. The van der Waals surface area contributed by atoms with Crippen molar-refractivity contribution in [3.8, 4) is 33.9 Å². The Morgan fingerprint density at radius 3 is 2.62 bits per heavy atom. The summed E-state index contributed by atoms with van der Waals surface area (Å²) >= 11 is 0. The van der Waals surface area contributed by atoms with Crippen molar-refractivity contribution in [1.82, 2.24) is 35.1 Å². The van der Waals surface area contributed by atoms with Gasteiger partial charge in [-0.25, -0.2) is 27.8 Å². The molecule has 0 aliphatic carbocycles. The minimum atomic E-state index is -3.21. The molecule has 0 spiro atoms. The molecule has 5 aromatic heterocycles. The monoisotopic (exact) mass is 646 g/mol. The van der Waals surface area contributed by atoms with E-state index in [1.54, 1.807) is 30.7 Å². The summed E-state index contributed by atoms with van der Waals surface area (Å²) < 4.78 is 38.0. The van der Waals surface area contributed by atoms with E-state index in [9.17, 15) is 17.6 Å². The number of nitrogens with one attached hydrogen (secondary N) is 3. The fraction of sp³-hybridized carbons (Fsp3) is 0.118. The van der Waals surface area contributed by atoms with Crippen molar-refractivity contribution in [2.45, 2.75) is 12.8 Å². The maximum atomic E-state index is 14.7. The number of aryl methyl sites for hydroxylation is 1. The number of hydrogen-bond donors (Lipinski definition) is 3. The number of rotatable bonds is 9. The molecule has 5 heterocycles. The number of nitrogens with zero attached hydrogens (tertiary/aromatic N) is 5. The molecule has 0 fully saturated rings. The molecule has 13 heteroatoms. The number of hydrogen-bond acceptors (Lipinski definition) is 8. The Kier molecular flexibility index (Phi) is 7.74. The van der Waals surface area contributed by atoms with Gasteiger partial charge in [-0.3, -0.25) is 14.9 Å². The van der Waals surface area contributed by atoms with Crippen LogP contribution in [-0.2, 0) is 27.5 Å². The molecule has 0 atom stereocenters. The average molecular weight is 647 g/mol. The van der Waals surface area contributed by atoms with Crippen molar-refractivity contribution in [3.63, 3.8) is 0 Å². The van der Waals surface area contributed by atoms with Gasteiger partial charge in [-0.1, -0.05) is 36.4 Å². The van der Waals surface area contributed by atoms with Crippen LogP contribution in [0.25, 0.3) is 56.1 Å². The Labute approximate surface area is 268 Å². The van der Waals surface area contributed by atoms with Gasteiger partial charge in [-0.15, -0.1) is 0 Å². The molecule has 11 nitrogen and oxygen atoms in total. The van der Waals surface area contributed by atoms with Crippen LogP contribution in [0, 0.1) is 5.82 Å². The van der Waals surface area contributed by atoms with Gasteiger partial charge in [0.15, 0.2) is 17.2 Å². The lowest BCUT2D eigenvalue weighted by Gasteiger charge is -2.07. The number of aromatic amines is 2. The van der Waals surface area contributed by atoms with E-state index in [2.05, 4.69) is 35.5 Å². The third-order valence-electron chi connectivity index (χ3n) is 7.58. The van der Waals surface area contributed by atoms with Crippen molar-refractivity contribution >= 4 is 43.6 Å². The molecular weight excluding hydrogens is 619 g/mol. The van der Waals surface area contributed by atoms with Crippen LogP contribution in [0.5, 0.6) is 0 Å².